The first-order chi connectivity index (χ1) is 16.6. The Labute approximate surface area is 204 Å². The molecule has 1 amide bonds. The molecule has 1 N–H and O–H groups in total. The van der Waals surface area contributed by atoms with E-state index >= 15 is 0 Å². The zero-order chi connectivity index (χ0) is 23.5. The molecule has 1 saturated heterocycles. The molecule has 6 nitrogen and oxygen atoms in total. The predicted octanol–water partition coefficient (Wildman–Crippen LogP) is 5.49. The second-order valence-electron chi connectivity index (χ2n) is 8.70. The lowest BCUT2D eigenvalue weighted by molar-refractivity contribution is 0.0901. The van der Waals surface area contributed by atoms with Gasteiger partial charge in [0.1, 0.15) is 17.1 Å². The van der Waals surface area contributed by atoms with Gasteiger partial charge in [-0.3, -0.25) is 9.69 Å². The van der Waals surface area contributed by atoms with Crippen molar-refractivity contribution in [3.05, 3.63) is 94.8 Å². The molecule has 2 aromatic carbocycles. The molecular formula is C27H27ClN4O2. The number of benzene rings is 2. The highest BCUT2D eigenvalue weighted by atomic mass is 35.5. The quantitative estimate of drug-likeness (QED) is 0.401. The third kappa shape index (κ3) is 4.93. The van der Waals surface area contributed by atoms with E-state index in [-0.39, 0.29) is 11.9 Å². The molecule has 3 heterocycles. The van der Waals surface area contributed by atoms with Crippen molar-refractivity contribution in [3.63, 3.8) is 0 Å². The third-order valence-corrected chi connectivity index (χ3v) is 6.51. The van der Waals surface area contributed by atoms with E-state index < -0.39 is 0 Å². The number of carbonyl (C=O) groups is 1. The van der Waals surface area contributed by atoms with E-state index in [4.69, 9.17) is 16.0 Å². The van der Waals surface area contributed by atoms with Crippen LogP contribution in [0, 0.1) is 6.92 Å². The number of aromatic nitrogens is 2. The first-order valence-corrected chi connectivity index (χ1v) is 11.9. The number of furan rings is 1. The lowest BCUT2D eigenvalue weighted by Gasteiger charge is -2.32. The summed E-state index contributed by atoms with van der Waals surface area (Å²) in [4.78, 5) is 15.8. The first kappa shape index (κ1) is 22.4. The number of para-hydroxylation sites is 1. The zero-order valence-electron chi connectivity index (χ0n) is 19.1. The van der Waals surface area contributed by atoms with Crippen LogP contribution in [0.25, 0.3) is 17.1 Å². The number of aryl methyl sites for hydroxylation is 1. The standard InChI is InChI=1S/C27H27ClN4O2/c1-19-11-12-26(34-19)23-17-25(32(30-23)24-10-6-5-9-22(24)28)27(33)29-21-13-15-31(16-14-21)18-20-7-3-2-4-8-20/h2-12,17,21H,13-16,18H2,1H3,(H,29,33). The van der Waals surface area contributed by atoms with Crippen molar-refractivity contribution in [1.82, 2.24) is 20.0 Å². The van der Waals surface area contributed by atoms with Gasteiger partial charge in [0.25, 0.3) is 5.91 Å². The average Bonchev–Trinajstić information content (AvgIpc) is 3.48. The Bertz CT molecular complexity index is 1270. The summed E-state index contributed by atoms with van der Waals surface area (Å²) in [5, 5.41) is 8.41. The Hall–Kier alpha value is -3.35. The summed E-state index contributed by atoms with van der Waals surface area (Å²) < 4.78 is 7.35. The lowest BCUT2D eigenvalue weighted by atomic mass is 10.0. The number of hydrogen-bond acceptors (Lipinski definition) is 4. The number of piperidine rings is 1. The molecule has 7 heteroatoms. The largest absolute Gasteiger partial charge is 0.460 e. The summed E-state index contributed by atoms with van der Waals surface area (Å²) in [5.41, 5.74) is 3.00. The smallest absolute Gasteiger partial charge is 0.270 e. The Morgan fingerprint density at radius 1 is 1.06 bits per heavy atom. The highest BCUT2D eigenvalue weighted by molar-refractivity contribution is 6.32. The summed E-state index contributed by atoms with van der Waals surface area (Å²) in [6.07, 6.45) is 1.81. The summed E-state index contributed by atoms with van der Waals surface area (Å²) in [6, 6.07) is 23.5. The predicted molar refractivity (Wildman–Crippen MR) is 133 cm³/mol. The van der Waals surface area contributed by atoms with Gasteiger partial charge >= 0.3 is 0 Å². The number of amides is 1. The van der Waals surface area contributed by atoms with Crippen LogP contribution in [0.15, 0.2) is 77.2 Å². The van der Waals surface area contributed by atoms with Crippen molar-refractivity contribution in [2.24, 2.45) is 0 Å². The van der Waals surface area contributed by atoms with Gasteiger partial charge in [-0.1, -0.05) is 54.1 Å². The molecule has 174 valence electrons. The highest BCUT2D eigenvalue weighted by Gasteiger charge is 2.25. The van der Waals surface area contributed by atoms with E-state index in [1.165, 1.54) is 5.56 Å². The fraction of sp³-hybridized carbons (Fsp3) is 0.259. The number of halogens is 1. The van der Waals surface area contributed by atoms with E-state index in [0.717, 1.165) is 38.2 Å². The second kappa shape index (κ2) is 9.87. The number of hydrogen-bond donors (Lipinski definition) is 1. The van der Waals surface area contributed by atoms with E-state index in [1.807, 2.05) is 43.3 Å². The minimum absolute atomic E-state index is 0.114. The second-order valence-corrected chi connectivity index (χ2v) is 9.11. The SMILES string of the molecule is Cc1ccc(-c2cc(C(=O)NC3CCN(Cc4ccccc4)CC3)n(-c3ccccc3Cl)n2)o1. The fourth-order valence-electron chi connectivity index (χ4n) is 4.38. The highest BCUT2D eigenvalue weighted by Crippen LogP contribution is 2.27. The minimum atomic E-state index is -0.163. The summed E-state index contributed by atoms with van der Waals surface area (Å²) >= 11 is 6.45. The average molecular weight is 475 g/mol. The van der Waals surface area contributed by atoms with Crippen molar-refractivity contribution in [1.29, 1.82) is 0 Å². The maximum atomic E-state index is 13.4. The Balaban J connectivity index is 1.32. The van der Waals surface area contributed by atoms with Crippen molar-refractivity contribution < 1.29 is 9.21 Å². The van der Waals surface area contributed by atoms with Crippen LogP contribution in [0.3, 0.4) is 0 Å². The van der Waals surface area contributed by atoms with Crippen LogP contribution < -0.4 is 5.32 Å². The van der Waals surface area contributed by atoms with Crippen LogP contribution in [0.2, 0.25) is 5.02 Å². The van der Waals surface area contributed by atoms with Gasteiger partial charge in [-0.2, -0.15) is 5.10 Å². The first-order valence-electron chi connectivity index (χ1n) is 11.6. The lowest BCUT2D eigenvalue weighted by Crippen LogP contribution is -2.44. The molecule has 0 spiro atoms. The normalized spacial score (nSPS) is 14.9. The summed E-state index contributed by atoms with van der Waals surface area (Å²) in [6.45, 7) is 4.71. The molecule has 0 atom stereocenters. The third-order valence-electron chi connectivity index (χ3n) is 6.19. The molecule has 5 rings (SSSR count). The topological polar surface area (TPSA) is 63.3 Å². The van der Waals surface area contributed by atoms with Crippen LogP contribution in [0.5, 0.6) is 0 Å². The number of carbonyl (C=O) groups excluding carboxylic acids is 1. The van der Waals surface area contributed by atoms with Crippen LogP contribution >= 0.6 is 11.6 Å². The Morgan fingerprint density at radius 3 is 2.50 bits per heavy atom. The van der Waals surface area contributed by atoms with E-state index in [1.54, 1.807) is 16.8 Å². The zero-order valence-corrected chi connectivity index (χ0v) is 19.8. The molecule has 1 fully saturated rings. The molecule has 1 aliphatic heterocycles. The van der Waals surface area contributed by atoms with Crippen LogP contribution in [-0.4, -0.2) is 39.7 Å². The van der Waals surface area contributed by atoms with Crippen molar-refractivity contribution in [2.45, 2.75) is 32.4 Å². The van der Waals surface area contributed by atoms with E-state index in [0.29, 0.717) is 27.9 Å². The fourth-order valence-corrected chi connectivity index (χ4v) is 4.59. The van der Waals surface area contributed by atoms with Gasteiger partial charge < -0.3 is 9.73 Å². The van der Waals surface area contributed by atoms with E-state index in [2.05, 4.69) is 39.6 Å². The van der Waals surface area contributed by atoms with Crippen LogP contribution in [0.4, 0.5) is 0 Å². The number of nitrogens with one attached hydrogen (secondary N) is 1. The molecule has 0 saturated carbocycles. The molecule has 0 aliphatic carbocycles. The maximum Gasteiger partial charge on any atom is 0.270 e. The number of likely N-dealkylation sites (tertiary alicyclic amines) is 1. The van der Waals surface area contributed by atoms with E-state index in [9.17, 15) is 4.79 Å². The molecule has 0 radical (unpaired) electrons. The molecule has 34 heavy (non-hydrogen) atoms. The van der Waals surface area contributed by atoms with Gasteiger partial charge in [-0.05, 0) is 49.6 Å². The van der Waals surface area contributed by atoms with Crippen molar-refractivity contribution in [3.8, 4) is 17.1 Å². The van der Waals surface area contributed by atoms with Gasteiger partial charge in [0.2, 0.25) is 0 Å². The monoisotopic (exact) mass is 474 g/mol. The molecule has 0 bridgehead atoms. The van der Waals surface area contributed by atoms with Crippen molar-refractivity contribution in [2.75, 3.05) is 13.1 Å². The van der Waals surface area contributed by atoms with Gasteiger partial charge in [0.05, 0.1) is 10.7 Å². The minimum Gasteiger partial charge on any atom is -0.460 e. The van der Waals surface area contributed by atoms with Crippen LogP contribution in [-0.2, 0) is 6.54 Å². The van der Waals surface area contributed by atoms with Crippen LogP contribution in [0.1, 0.15) is 34.7 Å². The maximum absolute atomic E-state index is 13.4. The molecule has 4 aromatic rings. The Morgan fingerprint density at radius 2 is 1.79 bits per heavy atom. The Kier molecular flexibility index (Phi) is 6.52. The molecule has 0 unspecified atom stereocenters. The molecule has 2 aromatic heterocycles. The molecular weight excluding hydrogens is 448 g/mol. The van der Waals surface area contributed by atoms with Gasteiger partial charge in [0.15, 0.2) is 5.76 Å². The number of nitrogens with zero attached hydrogens (tertiary/aromatic N) is 3. The summed E-state index contributed by atoms with van der Waals surface area (Å²) in [5.74, 6) is 1.24. The molecule has 1 aliphatic rings. The van der Waals surface area contributed by atoms with Crippen molar-refractivity contribution >= 4 is 17.5 Å². The number of rotatable bonds is 6. The van der Waals surface area contributed by atoms with Gasteiger partial charge in [-0.15, -0.1) is 0 Å². The summed E-state index contributed by atoms with van der Waals surface area (Å²) in [7, 11) is 0. The van der Waals surface area contributed by atoms with Gasteiger partial charge in [-0.25, -0.2) is 4.68 Å². The van der Waals surface area contributed by atoms with Gasteiger partial charge in [0, 0.05) is 31.7 Å².